The summed E-state index contributed by atoms with van der Waals surface area (Å²) in [5.41, 5.74) is 0. The van der Waals surface area contributed by atoms with Gasteiger partial charge in [-0.2, -0.15) is 0 Å². The van der Waals surface area contributed by atoms with E-state index in [0.29, 0.717) is 18.6 Å². The number of nitrogens with one attached hydrogen (secondary N) is 1. The molecular formula is C18H34N2O. The van der Waals surface area contributed by atoms with Crippen LogP contribution in [0.1, 0.15) is 70.6 Å². The number of rotatable bonds is 5. The molecule has 1 heterocycles. The van der Waals surface area contributed by atoms with Crippen molar-refractivity contribution in [1.29, 1.82) is 0 Å². The van der Waals surface area contributed by atoms with Gasteiger partial charge < -0.3 is 10.4 Å². The first-order valence-electron chi connectivity index (χ1n) is 9.46. The highest BCUT2D eigenvalue weighted by molar-refractivity contribution is 4.90. The number of aliphatic hydroxyl groups is 1. The molecule has 2 unspecified atom stereocenters. The Balaban J connectivity index is 1.55. The summed E-state index contributed by atoms with van der Waals surface area (Å²) in [5, 5.41) is 13.3. The van der Waals surface area contributed by atoms with Crippen LogP contribution in [0.5, 0.6) is 0 Å². The molecule has 3 rings (SSSR count). The number of nitrogens with zero attached hydrogens (tertiary/aromatic N) is 1. The van der Waals surface area contributed by atoms with E-state index in [0.717, 1.165) is 18.5 Å². The first-order valence-corrected chi connectivity index (χ1v) is 9.46. The number of likely N-dealkylation sites (tertiary alicyclic amines) is 1. The molecule has 0 amide bonds. The van der Waals surface area contributed by atoms with Crippen LogP contribution in [0.3, 0.4) is 0 Å². The van der Waals surface area contributed by atoms with Crippen LogP contribution in [-0.2, 0) is 0 Å². The predicted octanol–water partition coefficient (Wildman–Crippen LogP) is 2.92. The van der Waals surface area contributed by atoms with Gasteiger partial charge in [-0.25, -0.2) is 0 Å². The second-order valence-corrected chi connectivity index (χ2v) is 7.70. The molecule has 122 valence electrons. The van der Waals surface area contributed by atoms with Gasteiger partial charge in [0.1, 0.15) is 0 Å². The smallest absolute Gasteiger partial charge is 0.0434 e. The summed E-state index contributed by atoms with van der Waals surface area (Å²) in [5.74, 6) is 0.699. The highest BCUT2D eigenvalue weighted by atomic mass is 16.3. The molecule has 2 atom stereocenters. The van der Waals surface area contributed by atoms with Gasteiger partial charge in [-0.05, 0) is 44.4 Å². The predicted molar refractivity (Wildman–Crippen MR) is 87.4 cm³/mol. The molecule has 1 aliphatic heterocycles. The summed E-state index contributed by atoms with van der Waals surface area (Å²) in [6, 6.07) is 2.27. The van der Waals surface area contributed by atoms with Crippen LogP contribution in [0.15, 0.2) is 0 Å². The molecule has 2 N–H and O–H groups in total. The molecule has 0 aromatic rings. The maximum Gasteiger partial charge on any atom is 0.0434 e. The average Bonchev–Trinajstić information content (AvgIpc) is 3.03. The summed E-state index contributed by atoms with van der Waals surface area (Å²) < 4.78 is 0. The van der Waals surface area contributed by atoms with Gasteiger partial charge >= 0.3 is 0 Å². The molecule has 3 aliphatic rings. The second kappa shape index (κ2) is 7.94. The highest BCUT2D eigenvalue weighted by Gasteiger charge is 2.33. The Kier molecular flexibility index (Phi) is 5.96. The topological polar surface area (TPSA) is 35.5 Å². The van der Waals surface area contributed by atoms with E-state index in [1.165, 1.54) is 77.3 Å². The monoisotopic (exact) mass is 294 g/mol. The summed E-state index contributed by atoms with van der Waals surface area (Å²) in [6.07, 6.45) is 14.9. The molecule has 2 aliphatic carbocycles. The largest absolute Gasteiger partial charge is 0.396 e. The fourth-order valence-electron chi connectivity index (χ4n) is 4.92. The zero-order valence-corrected chi connectivity index (χ0v) is 13.6. The summed E-state index contributed by atoms with van der Waals surface area (Å²) >= 11 is 0. The minimum absolute atomic E-state index is 0.360. The number of piperidine rings is 1. The minimum atomic E-state index is 0.360. The van der Waals surface area contributed by atoms with Crippen LogP contribution in [0.25, 0.3) is 0 Å². The van der Waals surface area contributed by atoms with Gasteiger partial charge in [-0.15, -0.1) is 0 Å². The van der Waals surface area contributed by atoms with Gasteiger partial charge in [-0.3, -0.25) is 4.90 Å². The van der Waals surface area contributed by atoms with E-state index in [1.54, 1.807) is 0 Å². The lowest BCUT2D eigenvalue weighted by Gasteiger charge is -2.43. The Morgan fingerprint density at radius 1 is 0.857 bits per heavy atom. The van der Waals surface area contributed by atoms with E-state index in [-0.39, 0.29) is 0 Å². The maximum atomic E-state index is 9.34. The van der Waals surface area contributed by atoms with Crippen LogP contribution in [-0.4, -0.2) is 47.8 Å². The van der Waals surface area contributed by atoms with E-state index in [4.69, 9.17) is 0 Å². The van der Waals surface area contributed by atoms with E-state index < -0.39 is 0 Å². The van der Waals surface area contributed by atoms with E-state index in [2.05, 4.69) is 10.2 Å². The van der Waals surface area contributed by atoms with Crippen molar-refractivity contribution in [3.05, 3.63) is 0 Å². The van der Waals surface area contributed by atoms with Crippen LogP contribution in [0.2, 0.25) is 0 Å². The third-order valence-electron chi connectivity index (χ3n) is 6.02. The molecule has 3 heteroatoms. The van der Waals surface area contributed by atoms with Gasteiger partial charge in [0.15, 0.2) is 0 Å². The fourth-order valence-corrected chi connectivity index (χ4v) is 4.92. The Morgan fingerprint density at radius 3 is 2.29 bits per heavy atom. The normalized spacial score (nSPS) is 33.6. The van der Waals surface area contributed by atoms with Gasteiger partial charge in [0.2, 0.25) is 0 Å². The first-order chi connectivity index (χ1) is 10.3. The van der Waals surface area contributed by atoms with E-state index in [9.17, 15) is 5.11 Å². The zero-order chi connectivity index (χ0) is 14.5. The minimum Gasteiger partial charge on any atom is -0.396 e. The van der Waals surface area contributed by atoms with E-state index >= 15 is 0 Å². The number of hydrogen-bond donors (Lipinski definition) is 2. The molecular weight excluding hydrogens is 260 g/mol. The average molecular weight is 294 g/mol. The fraction of sp³-hybridized carbons (Fsp3) is 1.00. The standard InChI is InChI=1S/C18H34N2O/c21-11-10-15-12-17(19-16-6-2-1-3-7-16)14-20(13-15)18-8-4-5-9-18/h15-19,21H,1-14H2. The van der Waals surface area contributed by atoms with Gasteiger partial charge in [0, 0.05) is 37.8 Å². The van der Waals surface area contributed by atoms with Crippen LogP contribution >= 0.6 is 0 Å². The van der Waals surface area contributed by atoms with Gasteiger partial charge in [0.25, 0.3) is 0 Å². The van der Waals surface area contributed by atoms with Crippen molar-refractivity contribution < 1.29 is 5.11 Å². The lowest BCUT2D eigenvalue weighted by atomic mass is 9.88. The molecule has 3 nitrogen and oxygen atoms in total. The molecule has 0 bridgehead atoms. The zero-order valence-electron chi connectivity index (χ0n) is 13.6. The van der Waals surface area contributed by atoms with Crippen molar-refractivity contribution in [2.75, 3.05) is 19.7 Å². The van der Waals surface area contributed by atoms with E-state index in [1.807, 2.05) is 0 Å². The van der Waals surface area contributed by atoms with Crippen LogP contribution in [0, 0.1) is 5.92 Å². The Hall–Kier alpha value is -0.120. The molecule has 1 saturated heterocycles. The number of hydrogen-bond acceptors (Lipinski definition) is 3. The third-order valence-corrected chi connectivity index (χ3v) is 6.02. The lowest BCUT2D eigenvalue weighted by Crippen LogP contribution is -2.54. The van der Waals surface area contributed by atoms with Gasteiger partial charge in [0.05, 0.1) is 0 Å². The van der Waals surface area contributed by atoms with Crippen molar-refractivity contribution in [3.63, 3.8) is 0 Å². The van der Waals surface area contributed by atoms with Gasteiger partial charge in [-0.1, -0.05) is 32.1 Å². The second-order valence-electron chi connectivity index (χ2n) is 7.70. The molecule has 0 aromatic heterocycles. The van der Waals surface area contributed by atoms with Crippen molar-refractivity contribution in [2.24, 2.45) is 5.92 Å². The maximum absolute atomic E-state index is 9.34. The molecule has 2 saturated carbocycles. The number of aliphatic hydroxyl groups excluding tert-OH is 1. The van der Waals surface area contributed by atoms with Crippen molar-refractivity contribution in [3.8, 4) is 0 Å². The first kappa shape index (κ1) is 15.8. The molecule has 0 aromatic carbocycles. The lowest BCUT2D eigenvalue weighted by molar-refractivity contribution is 0.0802. The summed E-state index contributed by atoms with van der Waals surface area (Å²) in [6.45, 7) is 2.84. The van der Waals surface area contributed by atoms with Crippen molar-refractivity contribution >= 4 is 0 Å². The van der Waals surface area contributed by atoms with Crippen LogP contribution < -0.4 is 5.32 Å². The third kappa shape index (κ3) is 4.43. The molecule has 0 radical (unpaired) electrons. The Morgan fingerprint density at radius 2 is 1.57 bits per heavy atom. The Labute approximate surface area is 130 Å². The van der Waals surface area contributed by atoms with Crippen molar-refractivity contribution in [2.45, 2.75) is 88.8 Å². The molecule has 21 heavy (non-hydrogen) atoms. The SMILES string of the molecule is OCCC1CC(NC2CCCCC2)CN(C2CCCC2)C1. The van der Waals surface area contributed by atoms with Crippen LogP contribution in [0.4, 0.5) is 0 Å². The Bertz CT molecular complexity index is 298. The summed E-state index contributed by atoms with van der Waals surface area (Å²) in [4.78, 5) is 2.76. The van der Waals surface area contributed by atoms with Crippen molar-refractivity contribution in [1.82, 2.24) is 10.2 Å². The summed E-state index contributed by atoms with van der Waals surface area (Å²) in [7, 11) is 0. The highest BCUT2D eigenvalue weighted by Crippen LogP contribution is 2.30. The molecule has 0 spiro atoms. The molecule has 3 fully saturated rings. The quantitative estimate of drug-likeness (QED) is 0.818.